The molecule has 0 N–H and O–H groups in total. The molecule has 0 aliphatic carbocycles. The van der Waals surface area contributed by atoms with Crippen molar-refractivity contribution in [3.05, 3.63) is 48.3 Å². The molecule has 2 heterocycles. The van der Waals surface area contributed by atoms with Crippen LogP contribution in [0.1, 0.15) is 26.5 Å². The molecule has 26 heavy (non-hydrogen) atoms. The van der Waals surface area contributed by atoms with E-state index in [2.05, 4.69) is 35.9 Å². The third kappa shape index (κ3) is 3.99. The van der Waals surface area contributed by atoms with Crippen LogP contribution in [0.5, 0.6) is 0 Å². The van der Waals surface area contributed by atoms with Gasteiger partial charge in [-0.1, -0.05) is 12.1 Å². The van der Waals surface area contributed by atoms with Gasteiger partial charge in [0.05, 0.1) is 29.0 Å². The number of para-hydroxylation sites is 2. The van der Waals surface area contributed by atoms with Crippen LogP contribution >= 0.6 is 0 Å². The Kier molecular flexibility index (Phi) is 6.12. The molecule has 5 heteroatoms. The van der Waals surface area contributed by atoms with Crippen molar-refractivity contribution in [1.29, 1.82) is 0 Å². The summed E-state index contributed by atoms with van der Waals surface area (Å²) in [6.45, 7) is 9.51. The molecule has 5 nitrogen and oxygen atoms in total. The van der Waals surface area contributed by atoms with Crippen molar-refractivity contribution in [2.45, 2.75) is 27.2 Å². The largest absolute Gasteiger partial charge is 0.381 e. The van der Waals surface area contributed by atoms with Crippen molar-refractivity contribution in [2.24, 2.45) is 0 Å². The molecule has 3 aromatic rings. The van der Waals surface area contributed by atoms with Crippen molar-refractivity contribution in [2.75, 3.05) is 31.2 Å². The van der Waals surface area contributed by atoms with Crippen molar-refractivity contribution < 1.29 is 4.74 Å². The SMILES string of the molecule is CCOCCc1nc2ccccc2nc1-c1ccc(N(CC)CC)nc1. The van der Waals surface area contributed by atoms with E-state index < -0.39 is 0 Å². The number of nitrogens with zero attached hydrogens (tertiary/aromatic N) is 4. The van der Waals surface area contributed by atoms with E-state index in [9.17, 15) is 0 Å². The van der Waals surface area contributed by atoms with E-state index in [-0.39, 0.29) is 0 Å². The molecule has 1 aromatic carbocycles. The minimum Gasteiger partial charge on any atom is -0.381 e. The Morgan fingerprint density at radius 3 is 2.27 bits per heavy atom. The molecule has 2 aromatic heterocycles. The minimum absolute atomic E-state index is 0.640. The maximum absolute atomic E-state index is 5.53. The van der Waals surface area contributed by atoms with Crippen molar-refractivity contribution in [3.8, 4) is 11.3 Å². The van der Waals surface area contributed by atoms with Crippen molar-refractivity contribution in [3.63, 3.8) is 0 Å². The molecule has 0 unspecified atom stereocenters. The maximum atomic E-state index is 5.53. The molecule has 0 aliphatic heterocycles. The van der Waals surface area contributed by atoms with Crippen LogP contribution in [0.3, 0.4) is 0 Å². The number of hydrogen-bond donors (Lipinski definition) is 0. The molecule has 0 bridgehead atoms. The Labute approximate surface area is 155 Å². The smallest absolute Gasteiger partial charge is 0.128 e. The van der Waals surface area contributed by atoms with Crippen molar-refractivity contribution in [1.82, 2.24) is 15.0 Å². The number of benzene rings is 1. The zero-order valence-electron chi connectivity index (χ0n) is 15.8. The van der Waals surface area contributed by atoms with Gasteiger partial charge in [-0.25, -0.2) is 15.0 Å². The standard InChI is InChI=1S/C21H26N4O/c1-4-25(5-2)20-12-11-16(15-22-20)21-19(13-14-26-6-3)23-17-9-7-8-10-18(17)24-21/h7-12,15H,4-6,13-14H2,1-3H3. The van der Waals surface area contributed by atoms with Gasteiger partial charge in [-0.3, -0.25) is 0 Å². The second kappa shape index (κ2) is 8.72. The highest BCUT2D eigenvalue weighted by atomic mass is 16.5. The predicted molar refractivity (Wildman–Crippen MR) is 107 cm³/mol. The summed E-state index contributed by atoms with van der Waals surface area (Å²) >= 11 is 0. The number of anilines is 1. The Morgan fingerprint density at radius 2 is 1.65 bits per heavy atom. The fraction of sp³-hybridized carbons (Fsp3) is 0.381. The van der Waals surface area contributed by atoms with E-state index >= 15 is 0 Å². The Morgan fingerprint density at radius 1 is 0.923 bits per heavy atom. The molecular formula is C21H26N4O. The molecular weight excluding hydrogens is 324 g/mol. The summed E-state index contributed by atoms with van der Waals surface area (Å²) in [6, 6.07) is 12.1. The van der Waals surface area contributed by atoms with Gasteiger partial charge in [-0.05, 0) is 45.0 Å². The normalized spacial score (nSPS) is 11.0. The first kappa shape index (κ1) is 18.3. The third-order valence-corrected chi connectivity index (χ3v) is 4.44. The molecule has 0 radical (unpaired) electrons. The monoisotopic (exact) mass is 350 g/mol. The zero-order valence-corrected chi connectivity index (χ0v) is 15.8. The molecule has 0 fully saturated rings. The van der Waals surface area contributed by atoms with E-state index in [1.165, 1.54) is 0 Å². The molecule has 0 aliphatic rings. The molecule has 3 rings (SSSR count). The summed E-state index contributed by atoms with van der Waals surface area (Å²) in [5.41, 5.74) is 4.65. The first-order valence-electron chi connectivity index (χ1n) is 9.31. The van der Waals surface area contributed by atoms with E-state index in [0.29, 0.717) is 13.2 Å². The van der Waals surface area contributed by atoms with Gasteiger partial charge in [0.25, 0.3) is 0 Å². The van der Waals surface area contributed by atoms with Crippen LogP contribution in [-0.4, -0.2) is 41.3 Å². The maximum Gasteiger partial charge on any atom is 0.128 e. The van der Waals surface area contributed by atoms with Gasteiger partial charge < -0.3 is 9.64 Å². The lowest BCUT2D eigenvalue weighted by atomic mass is 10.1. The lowest BCUT2D eigenvalue weighted by Crippen LogP contribution is -2.22. The Bertz CT molecular complexity index is 844. The second-order valence-corrected chi connectivity index (χ2v) is 6.03. The van der Waals surface area contributed by atoms with Crippen LogP contribution in [0, 0.1) is 0 Å². The van der Waals surface area contributed by atoms with E-state index in [4.69, 9.17) is 14.7 Å². The van der Waals surface area contributed by atoms with Crippen LogP contribution in [0.4, 0.5) is 5.82 Å². The van der Waals surface area contributed by atoms with Gasteiger partial charge in [-0.15, -0.1) is 0 Å². The average Bonchev–Trinajstić information content (AvgIpc) is 2.69. The summed E-state index contributed by atoms with van der Waals surface area (Å²) in [5.74, 6) is 0.989. The number of ether oxygens (including phenoxy) is 1. The summed E-state index contributed by atoms with van der Waals surface area (Å²) in [6.07, 6.45) is 2.63. The lowest BCUT2D eigenvalue weighted by molar-refractivity contribution is 0.150. The quantitative estimate of drug-likeness (QED) is 0.572. The van der Waals surface area contributed by atoms with Gasteiger partial charge in [0.1, 0.15) is 5.82 Å². The molecule has 0 saturated carbocycles. The highest BCUT2D eigenvalue weighted by molar-refractivity contribution is 5.78. The molecule has 0 spiro atoms. The van der Waals surface area contributed by atoms with E-state index in [1.807, 2.05) is 37.4 Å². The van der Waals surface area contributed by atoms with E-state index in [1.54, 1.807) is 0 Å². The van der Waals surface area contributed by atoms with Crippen LogP contribution in [0.2, 0.25) is 0 Å². The third-order valence-electron chi connectivity index (χ3n) is 4.44. The molecule has 0 saturated heterocycles. The van der Waals surface area contributed by atoms with Gasteiger partial charge in [-0.2, -0.15) is 0 Å². The Balaban J connectivity index is 1.99. The lowest BCUT2D eigenvalue weighted by Gasteiger charge is -2.19. The average molecular weight is 350 g/mol. The van der Waals surface area contributed by atoms with Crippen LogP contribution in [-0.2, 0) is 11.2 Å². The number of pyridine rings is 1. The predicted octanol–water partition coefficient (Wildman–Crippen LogP) is 4.12. The number of fused-ring (bicyclic) bond motifs is 1. The van der Waals surface area contributed by atoms with Gasteiger partial charge >= 0.3 is 0 Å². The number of hydrogen-bond acceptors (Lipinski definition) is 5. The molecule has 136 valence electrons. The topological polar surface area (TPSA) is 51.1 Å². The van der Waals surface area contributed by atoms with Crippen LogP contribution in [0.25, 0.3) is 22.3 Å². The van der Waals surface area contributed by atoms with Crippen LogP contribution in [0.15, 0.2) is 42.6 Å². The minimum atomic E-state index is 0.640. The summed E-state index contributed by atoms with van der Waals surface area (Å²) < 4.78 is 5.53. The highest BCUT2D eigenvalue weighted by Gasteiger charge is 2.12. The fourth-order valence-electron chi connectivity index (χ4n) is 3.02. The molecule has 0 amide bonds. The number of aromatic nitrogens is 3. The van der Waals surface area contributed by atoms with E-state index in [0.717, 1.165) is 53.3 Å². The zero-order chi connectivity index (χ0) is 18.4. The first-order valence-corrected chi connectivity index (χ1v) is 9.31. The van der Waals surface area contributed by atoms with Crippen LogP contribution < -0.4 is 4.90 Å². The summed E-state index contributed by atoms with van der Waals surface area (Å²) in [5, 5.41) is 0. The fourth-order valence-corrected chi connectivity index (χ4v) is 3.02. The number of rotatable bonds is 8. The van der Waals surface area contributed by atoms with Gasteiger partial charge in [0.2, 0.25) is 0 Å². The highest BCUT2D eigenvalue weighted by Crippen LogP contribution is 2.25. The first-order chi connectivity index (χ1) is 12.8. The summed E-state index contributed by atoms with van der Waals surface area (Å²) in [4.78, 5) is 16.6. The van der Waals surface area contributed by atoms with Crippen molar-refractivity contribution >= 4 is 16.9 Å². The van der Waals surface area contributed by atoms with Gasteiger partial charge in [0, 0.05) is 37.9 Å². The summed E-state index contributed by atoms with van der Waals surface area (Å²) in [7, 11) is 0. The molecule has 0 atom stereocenters. The second-order valence-electron chi connectivity index (χ2n) is 6.03. The Hall–Kier alpha value is -2.53. The van der Waals surface area contributed by atoms with Gasteiger partial charge in [0.15, 0.2) is 0 Å².